The van der Waals surface area contributed by atoms with Gasteiger partial charge >= 0.3 is 0 Å². The zero-order valence-electron chi connectivity index (χ0n) is 12.3. The molecule has 6 heteroatoms. The van der Waals surface area contributed by atoms with E-state index in [1.807, 2.05) is 11.8 Å². The number of hydrogen-bond donors (Lipinski definition) is 0. The van der Waals surface area contributed by atoms with Crippen molar-refractivity contribution < 1.29 is 0 Å². The Morgan fingerprint density at radius 2 is 2.00 bits per heavy atom. The number of fused-ring (bicyclic) bond motifs is 1. The Morgan fingerprint density at radius 3 is 2.65 bits per heavy atom. The minimum absolute atomic E-state index is 0.356. The molecule has 1 fully saturated rings. The summed E-state index contributed by atoms with van der Waals surface area (Å²) in [6.07, 6.45) is 0.894. The number of rotatable bonds is 3. The Kier molecular flexibility index (Phi) is 3.83. The van der Waals surface area contributed by atoms with Crippen LogP contribution in [0.3, 0.4) is 0 Å². The van der Waals surface area contributed by atoms with Gasteiger partial charge in [-0.1, -0.05) is 20.8 Å². The quantitative estimate of drug-likeness (QED) is 0.869. The Balaban J connectivity index is 2.08. The van der Waals surface area contributed by atoms with Crippen LogP contribution in [-0.2, 0) is 6.42 Å². The topological polar surface area (TPSA) is 46.3 Å². The van der Waals surface area contributed by atoms with Crippen molar-refractivity contribution in [1.82, 2.24) is 19.6 Å². The van der Waals surface area contributed by atoms with Crippen LogP contribution in [0.4, 0.5) is 5.82 Å². The van der Waals surface area contributed by atoms with Gasteiger partial charge in [0.05, 0.1) is 0 Å². The molecule has 0 aliphatic carbocycles. The molecule has 0 amide bonds. The second-order valence-corrected chi connectivity index (χ2v) is 6.61. The highest BCUT2D eigenvalue weighted by molar-refractivity contribution is 7.99. The van der Waals surface area contributed by atoms with Crippen LogP contribution >= 0.6 is 11.8 Å². The lowest BCUT2D eigenvalue weighted by Gasteiger charge is -2.27. The molecule has 1 saturated heterocycles. The van der Waals surface area contributed by atoms with Gasteiger partial charge in [0, 0.05) is 43.0 Å². The van der Waals surface area contributed by atoms with E-state index in [0.29, 0.717) is 5.92 Å². The van der Waals surface area contributed by atoms with E-state index in [9.17, 15) is 0 Å². The second-order valence-electron chi connectivity index (χ2n) is 5.39. The Labute approximate surface area is 123 Å². The standard InChI is InChI=1S/C14H21N5S/c1-4-11-15-12(18-5-7-20-8-6-18)9-13-16-17-14(10(2)3)19(11)13/h9-10H,4-8H2,1-3H3. The summed E-state index contributed by atoms with van der Waals surface area (Å²) >= 11 is 2.01. The number of hydrogen-bond acceptors (Lipinski definition) is 5. The average Bonchev–Trinajstić information content (AvgIpc) is 2.91. The van der Waals surface area contributed by atoms with Crippen LogP contribution in [0.1, 0.15) is 38.3 Å². The van der Waals surface area contributed by atoms with Gasteiger partial charge in [-0.15, -0.1) is 10.2 Å². The number of anilines is 1. The van der Waals surface area contributed by atoms with Crippen molar-refractivity contribution >= 4 is 23.2 Å². The van der Waals surface area contributed by atoms with E-state index in [1.165, 1.54) is 11.5 Å². The van der Waals surface area contributed by atoms with Gasteiger partial charge in [-0.3, -0.25) is 4.40 Å². The fourth-order valence-electron chi connectivity index (χ4n) is 2.56. The van der Waals surface area contributed by atoms with Gasteiger partial charge in [-0.05, 0) is 0 Å². The van der Waals surface area contributed by atoms with Gasteiger partial charge in [0.1, 0.15) is 17.5 Å². The fourth-order valence-corrected chi connectivity index (χ4v) is 3.47. The van der Waals surface area contributed by atoms with Gasteiger partial charge in [-0.2, -0.15) is 11.8 Å². The summed E-state index contributed by atoms with van der Waals surface area (Å²) in [7, 11) is 0. The predicted octanol–water partition coefficient (Wildman–Crippen LogP) is 2.36. The summed E-state index contributed by atoms with van der Waals surface area (Å²) in [4.78, 5) is 7.22. The van der Waals surface area contributed by atoms with Crippen LogP contribution in [0.2, 0.25) is 0 Å². The maximum atomic E-state index is 4.86. The molecule has 3 heterocycles. The van der Waals surface area contributed by atoms with E-state index in [4.69, 9.17) is 4.98 Å². The number of nitrogens with zero attached hydrogens (tertiary/aromatic N) is 5. The van der Waals surface area contributed by atoms with Crippen molar-refractivity contribution in [2.24, 2.45) is 0 Å². The molecule has 20 heavy (non-hydrogen) atoms. The van der Waals surface area contributed by atoms with E-state index in [2.05, 4.69) is 46.3 Å². The molecule has 1 aliphatic heterocycles. The molecule has 5 nitrogen and oxygen atoms in total. The van der Waals surface area contributed by atoms with Crippen LogP contribution in [0.25, 0.3) is 5.65 Å². The SMILES string of the molecule is CCc1nc(N2CCSCC2)cc2nnc(C(C)C)n12. The summed E-state index contributed by atoms with van der Waals surface area (Å²) in [6.45, 7) is 8.57. The highest BCUT2D eigenvalue weighted by atomic mass is 32.2. The van der Waals surface area contributed by atoms with Gasteiger partial charge in [-0.25, -0.2) is 4.98 Å². The van der Waals surface area contributed by atoms with Crippen LogP contribution in [0, 0.1) is 0 Å². The summed E-state index contributed by atoms with van der Waals surface area (Å²) in [5, 5.41) is 8.69. The Morgan fingerprint density at radius 1 is 1.25 bits per heavy atom. The maximum absolute atomic E-state index is 4.86. The van der Waals surface area contributed by atoms with Crippen molar-refractivity contribution in [2.75, 3.05) is 29.5 Å². The molecule has 0 unspecified atom stereocenters. The summed E-state index contributed by atoms with van der Waals surface area (Å²) < 4.78 is 2.12. The van der Waals surface area contributed by atoms with Crippen molar-refractivity contribution in [2.45, 2.75) is 33.1 Å². The molecule has 108 valence electrons. The molecule has 0 aromatic carbocycles. The number of aryl methyl sites for hydroxylation is 1. The Hall–Kier alpha value is -1.30. The van der Waals surface area contributed by atoms with E-state index in [1.54, 1.807) is 0 Å². The van der Waals surface area contributed by atoms with Crippen LogP contribution in [0.15, 0.2) is 6.07 Å². The van der Waals surface area contributed by atoms with Crippen molar-refractivity contribution in [3.8, 4) is 0 Å². The highest BCUT2D eigenvalue weighted by Gasteiger charge is 2.18. The van der Waals surface area contributed by atoms with Crippen LogP contribution in [-0.4, -0.2) is 44.2 Å². The molecule has 3 rings (SSSR count). The van der Waals surface area contributed by atoms with E-state index in [-0.39, 0.29) is 0 Å². The van der Waals surface area contributed by atoms with Gasteiger partial charge in [0.2, 0.25) is 0 Å². The van der Waals surface area contributed by atoms with Crippen LogP contribution < -0.4 is 4.90 Å². The van der Waals surface area contributed by atoms with Gasteiger partial charge < -0.3 is 4.90 Å². The molecule has 0 N–H and O–H groups in total. The van der Waals surface area contributed by atoms with Gasteiger partial charge in [0.25, 0.3) is 0 Å². The van der Waals surface area contributed by atoms with Crippen LogP contribution in [0.5, 0.6) is 0 Å². The Bertz CT molecular complexity index is 601. The lowest BCUT2D eigenvalue weighted by molar-refractivity contribution is 0.728. The highest BCUT2D eigenvalue weighted by Crippen LogP contribution is 2.22. The smallest absolute Gasteiger partial charge is 0.165 e. The molecular formula is C14H21N5S. The first-order valence-corrected chi connectivity index (χ1v) is 8.43. The third-order valence-electron chi connectivity index (χ3n) is 3.64. The fraction of sp³-hybridized carbons (Fsp3) is 0.643. The first kappa shape index (κ1) is 13.7. The zero-order valence-corrected chi connectivity index (χ0v) is 13.2. The monoisotopic (exact) mass is 291 g/mol. The molecule has 0 bridgehead atoms. The number of thioether (sulfide) groups is 1. The minimum Gasteiger partial charge on any atom is -0.355 e. The molecule has 2 aromatic rings. The van der Waals surface area contributed by atoms with Crippen molar-refractivity contribution in [3.05, 3.63) is 17.7 Å². The number of aromatic nitrogens is 4. The second kappa shape index (κ2) is 5.60. The minimum atomic E-state index is 0.356. The van der Waals surface area contributed by atoms with E-state index >= 15 is 0 Å². The first-order valence-electron chi connectivity index (χ1n) is 7.28. The predicted molar refractivity (Wildman–Crippen MR) is 83.8 cm³/mol. The molecule has 0 atom stereocenters. The third kappa shape index (κ3) is 2.37. The molecule has 2 aromatic heterocycles. The molecule has 0 saturated carbocycles. The lowest BCUT2D eigenvalue weighted by Crippen LogP contribution is -2.33. The summed E-state index contributed by atoms with van der Waals surface area (Å²) in [5.74, 6) is 5.83. The lowest BCUT2D eigenvalue weighted by atomic mass is 10.2. The first-order chi connectivity index (χ1) is 9.70. The van der Waals surface area contributed by atoms with Crippen molar-refractivity contribution in [1.29, 1.82) is 0 Å². The summed E-state index contributed by atoms with van der Waals surface area (Å²) in [5.41, 5.74) is 0.925. The average molecular weight is 291 g/mol. The largest absolute Gasteiger partial charge is 0.355 e. The third-order valence-corrected chi connectivity index (χ3v) is 4.58. The van der Waals surface area contributed by atoms with E-state index < -0.39 is 0 Å². The summed E-state index contributed by atoms with van der Waals surface area (Å²) in [6, 6.07) is 2.08. The molecule has 0 radical (unpaired) electrons. The normalized spacial score (nSPS) is 16.3. The van der Waals surface area contributed by atoms with Gasteiger partial charge in [0.15, 0.2) is 5.65 Å². The molecule has 0 spiro atoms. The molecule has 1 aliphatic rings. The van der Waals surface area contributed by atoms with E-state index in [0.717, 1.165) is 42.6 Å². The molecular weight excluding hydrogens is 270 g/mol. The maximum Gasteiger partial charge on any atom is 0.165 e. The van der Waals surface area contributed by atoms with Crippen molar-refractivity contribution in [3.63, 3.8) is 0 Å². The zero-order chi connectivity index (χ0) is 14.1.